The first-order chi connectivity index (χ1) is 10.4. The zero-order valence-corrected chi connectivity index (χ0v) is 12.7. The van der Waals surface area contributed by atoms with E-state index in [1.165, 1.54) is 12.1 Å². The third-order valence-electron chi connectivity index (χ3n) is 2.67. The second kappa shape index (κ2) is 8.47. The molecule has 0 spiro atoms. The molecule has 0 aliphatic carbocycles. The number of halogens is 3. The molecule has 0 amide bonds. The first kappa shape index (κ1) is 18.1. The lowest BCUT2D eigenvalue weighted by Crippen LogP contribution is -2.43. The summed E-state index contributed by atoms with van der Waals surface area (Å²) < 4.78 is 46.0. The van der Waals surface area contributed by atoms with Gasteiger partial charge >= 0.3 is 6.36 Å². The molecule has 0 bridgehead atoms. The standard InChI is InChI=1S/C14H20F3N3O2/c1-10(9-21-3)20-13(18-2)19-8-11-6-4-5-7-12(11)22-14(15,16)17/h4-7,10H,8-9H2,1-3H3,(H2,18,19,20). The Labute approximate surface area is 127 Å². The first-order valence-corrected chi connectivity index (χ1v) is 6.65. The Morgan fingerprint density at radius 1 is 1.32 bits per heavy atom. The molecule has 0 aliphatic rings. The molecule has 124 valence electrons. The molecule has 1 aromatic carbocycles. The van der Waals surface area contributed by atoms with Gasteiger partial charge in [0.1, 0.15) is 5.75 Å². The predicted molar refractivity (Wildman–Crippen MR) is 77.8 cm³/mol. The third-order valence-corrected chi connectivity index (χ3v) is 2.67. The number of benzene rings is 1. The Kier molecular flexibility index (Phi) is 6.97. The predicted octanol–water partition coefficient (Wildman–Crippen LogP) is 2.29. The van der Waals surface area contributed by atoms with Gasteiger partial charge in [0.15, 0.2) is 5.96 Å². The van der Waals surface area contributed by atoms with Crippen LogP contribution < -0.4 is 15.4 Å². The van der Waals surface area contributed by atoms with Crippen LogP contribution in [-0.2, 0) is 11.3 Å². The molecule has 2 N–H and O–H groups in total. The number of rotatable bonds is 6. The molecule has 1 atom stereocenters. The van der Waals surface area contributed by atoms with Crippen LogP contribution in [0.4, 0.5) is 13.2 Å². The number of nitrogens with zero attached hydrogens (tertiary/aromatic N) is 1. The van der Waals surface area contributed by atoms with Crippen molar-refractivity contribution in [3.05, 3.63) is 29.8 Å². The summed E-state index contributed by atoms with van der Waals surface area (Å²) in [5.74, 6) is 0.231. The number of alkyl halides is 3. The Bertz CT molecular complexity index is 492. The Hall–Kier alpha value is -1.96. The highest BCUT2D eigenvalue weighted by Gasteiger charge is 2.31. The number of ether oxygens (including phenoxy) is 2. The number of methoxy groups -OCH3 is 1. The lowest BCUT2D eigenvalue weighted by atomic mass is 10.2. The van der Waals surface area contributed by atoms with Crippen LogP contribution in [0.15, 0.2) is 29.3 Å². The van der Waals surface area contributed by atoms with E-state index in [1.807, 2.05) is 6.92 Å². The number of hydrogen-bond donors (Lipinski definition) is 2. The van der Waals surface area contributed by atoms with E-state index in [2.05, 4.69) is 20.4 Å². The molecule has 22 heavy (non-hydrogen) atoms. The van der Waals surface area contributed by atoms with Crippen LogP contribution in [0, 0.1) is 0 Å². The van der Waals surface area contributed by atoms with Gasteiger partial charge in [-0.3, -0.25) is 4.99 Å². The topological polar surface area (TPSA) is 54.9 Å². The number of para-hydroxylation sites is 1. The zero-order valence-electron chi connectivity index (χ0n) is 12.7. The van der Waals surface area contributed by atoms with Gasteiger partial charge in [0.25, 0.3) is 0 Å². The quantitative estimate of drug-likeness (QED) is 0.624. The fraction of sp³-hybridized carbons (Fsp3) is 0.500. The van der Waals surface area contributed by atoms with Crippen molar-refractivity contribution in [1.29, 1.82) is 0 Å². The molecule has 0 saturated heterocycles. The van der Waals surface area contributed by atoms with Gasteiger partial charge in [0.2, 0.25) is 0 Å². The maximum atomic E-state index is 12.4. The van der Waals surface area contributed by atoms with Crippen molar-refractivity contribution in [2.45, 2.75) is 25.9 Å². The molecule has 1 unspecified atom stereocenters. The molecule has 1 aromatic rings. The molecule has 8 heteroatoms. The average Bonchev–Trinajstić information content (AvgIpc) is 2.43. The Morgan fingerprint density at radius 3 is 2.59 bits per heavy atom. The van der Waals surface area contributed by atoms with Gasteiger partial charge in [-0.15, -0.1) is 13.2 Å². The number of guanidine groups is 1. The Morgan fingerprint density at radius 2 is 2.00 bits per heavy atom. The van der Waals surface area contributed by atoms with Gasteiger partial charge in [-0.25, -0.2) is 0 Å². The van der Waals surface area contributed by atoms with Crippen LogP contribution in [0.1, 0.15) is 12.5 Å². The van der Waals surface area contributed by atoms with Crippen molar-refractivity contribution in [2.24, 2.45) is 4.99 Å². The SMILES string of the molecule is CN=C(NCc1ccccc1OC(F)(F)F)NC(C)COC. The summed E-state index contributed by atoms with van der Waals surface area (Å²) in [6, 6.07) is 5.97. The fourth-order valence-corrected chi connectivity index (χ4v) is 1.77. The highest BCUT2D eigenvalue weighted by molar-refractivity contribution is 5.80. The summed E-state index contributed by atoms with van der Waals surface area (Å²) in [5, 5.41) is 5.99. The molecular weight excluding hydrogens is 299 g/mol. The van der Waals surface area contributed by atoms with E-state index in [0.29, 0.717) is 18.1 Å². The molecule has 1 rings (SSSR count). The summed E-state index contributed by atoms with van der Waals surface area (Å²) in [6.45, 7) is 2.52. The van der Waals surface area contributed by atoms with E-state index < -0.39 is 6.36 Å². The second-order valence-electron chi connectivity index (χ2n) is 4.58. The minimum atomic E-state index is -4.72. The van der Waals surface area contributed by atoms with Crippen LogP contribution in [0.3, 0.4) is 0 Å². The van der Waals surface area contributed by atoms with Gasteiger partial charge < -0.3 is 20.1 Å². The minimum absolute atomic E-state index is 0.0119. The van der Waals surface area contributed by atoms with Crippen LogP contribution >= 0.6 is 0 Å². The normalized spacial score (nSPS) is 13.6. The van der Waals surface area contributed by atoms with Crippen LogP contribution in [0.2, 0.25) is 0 Å². The number of nitrogens with one attached hydrogen (secondary N) is 2. The maximum absolute atomic E-state index is 12.4. The van der Waals surface area contributed by atoms with Crippen molar-refractivity contribution in [2.75, 3.05) is 20.8 Å². The summed E-state index contributed by atoms with van der Waals surface area (Å²) in [6.07, 6.45) is -4.72. The van der Waals surface area contributed by atoms with E-state index in [1.54, 1.807) is 26.3 Å². The van der Waals surface area contributed by atoms with Crippen LogP contribution in [-0.4, -0.2) is 39.1 Å². The summed E-state index contributed by atoms with van der Waals surface area (Å²) in [7, 11) is 3.16. The van der Waals surface area contributed by atoms with Crippen molar-refractivity contribution < 1.29 is 22.6 Å². The van der Waals surface area contributed by atoms with E-state index in [-0.39, 0.29) is 18.3 Å². The summed E-state index contributed by atoms with van der Waals surface area (Å²) in [4.78, 5) is 4.01. The molecule has 5 nitrogen and oxygen atoms in total. The molecule has 0 fully saturated rings. The molecule has 0 aromatic heterocycles. The van der Waals surface area contributed by atoms with Crippen molar-refractivity contribution in [1.82, 2.24) is 10.6 Å². The third kappa shape index (κ3) is 6.66. The Balaban J connectivity index is 2.67. The molecule has 0 aliphatic heterocycles. The van der Waals surface area contributed by atoms with E-state index >= 15 is 0 Å². The van der Waals surface area contributed by atoms with E-state index in [9.17, 15) is 13.2 Å². The lowest BCUT2D eigenvalue weighted by molar-refractivity contribution is -0.274. The van der Waals surface area contributed by atoms with Gasteiger partial charge in [-0.05, 0) is 13.0 Å². The van der Waals surface area contributed by atoms with Gasteiger partial charge in [-0.1, -0.05) is 18.2 Å². The average molecular weight is 319 g/mol. The lowest BCUT2D eigenvalue weighted by Gasteiger charge is -2.18. The zero-order chi connectivity index (χ0) is 16.6. The maximum Gasteiger partial charge on any atom is 0.573 e. The number of aliphatic imine (C=N–C) groups is 1. The monoisotopic (exact) mass is 319 g/mol. The highest BCUT2D eigenvalue weighted by Crippen LogP contribution is 2.25. The molecule has 0 radical (unpaired) electrons. The van der Waals surface area contributed by atoms with Crippen LogP contribution in [0.25, 0.3) is 0 Å². The molecule has 0 heterocycles. The van der Waals surface area contributed by atoms with Crippen molar-refractivity contribution in [3.63, 3.8) is 0 Å². The highest BCUT2D eigenvalue weighted by atomic mass is 19.4. The fourth-order valence-electron chi connectivity index (χ4n) is 1.77. The van der Waals surface area contributed by atoms with Crippen LogP contribution in [0.5, 0.6) is 5.75 Å². The second-order valence-corrected chi connectivity index (χ2v) is 4.58. The van der Waals surface area contributed by atoms with Gasteiger partial charge in [-0.2, -0.15) is 0 Å². The summed E-state index contributed by atoms with van der Waals surface area (Å²) >= 11 is 0. The number of hydrogen-bond acceptors (Lipinski definition) is 3. The van der Waals surface area contributed by atoms with Gasteiger partial charge in [0, 0.05) is 32.3 Å². The minimum Gasteiger partial charge on any atom is -0.405 e. The summed E-state index contributed by atoms with van der Waals surface area (Å²) in [5.41, 5.74) is 0.377. The van der Waals surface area contributed by atoms with Crippen molar-refractivity contribution >= 4 is 5.96 Å². The molecular formula is C14H20F3N3O2. The van der Waals surface area contributed by atoms with E-state index in [4.69, 9.17) is 4.74 Å². The largest absolute Gasteiger partial charge is 0.573 e. The first-order valence-electron chi connectivity index (χ1n) is 6.65. The van der Waals surface area contributed by atoms with E-state index in [0.717, 1.165) is 0 Å². The van der Waals surface area contributed by atoms with Crippen molar-refractivity contribution in [3.8, 4) is 5.75 Å². The van der Waals surface area contributed by atoms with Gasteiger partial charge in [0.05, 0.1) is 6.61 Å². The smallest absolute Gasteiger partial charge is 0.405 e. The molecule has 0 saturated carbocycles.